The number of carbonyl (C=O) groups excluding carboxylic acids is 1. The molecule has 0 atom stereocenters. The van der Waals surface area contributed by atoms with Gasteiger partial charge in [-0.25, -0.2) is 0 Å². The minimum Gasteiger partial charge on any atom is -0.364 e. The van der Waals surface area contributed by atoms with E-state index in [2.05, 4.69) is 10.2 Å². The number of hydrogen-bond donors (Lipinski definition) is 2. The van der Waals surface area contributed by atoms with E-state index in [-0.39, 0.29) is 12.4 Å². The first-order valence-corrected chi connectivity index (χ1v) is 2.51. The van der Waals surface area contributed by atoms with Crippen molar-refractivity contribution in [2.24, 2.45) is 5.73 Å². The van der Waals surface area contributed by atoms with Gasteiger partial charge in [-0.15, -0.1) is 12.4 Å². The number of rotatable bonds is 1. The van der Waals surface area contributed by atoms with Crippen molar-refractivity contribution in [1.29, 1.82) is 0 Å². The third kappa shape index (κ3) is 1.48. The summed E-state index contributed by atoms with van der Waals surface area (Å²) in [4.78, 5) is 10.4. The highest BCUT2D eigenvalue weighted by Crippen LogP contribution is 1.98. The number of nitrogens with zero attached hydrogens (tertiary/aromatic N) is 1. The van der Waals surface area contributed by atoms with E-state index in [1.165, 1.54) is 0 Å². The van der Waals surface area contributed by atoms with Crippen molar-refractivity contribution >= 4 is 18.3 Å². The first kappa shape index (κ1) is 8.97. The number of nitrogens with two attached hydrogens (primary N) is 1. The van der Waals surface area contributed by atoms with Crippen molar-refractivity contribution in [3.8, 4) is 0 Å². The fourth-order valence-electron chi connectivity index (χ4n) is 0.596. The quantitative estimate of drug-likeness (QED) is 0.619. The summed E-state index contributed by atoms with van der Waals surface area (Å²) in [7, 11) is 0. The van der Waals surface area contributed by atoms with Crippen LogP contribution in [-0.2, 0) is 0 Å². The molecular formula is C5H8ClN3O. The second-order valence-corrected chi connectivity index (χ2v) is 1.79. The molecule has 0 aliphatic rings. The minimum absolute atomic E-state index is 0. The molecule has 10 heavy (non-hydrogen) atoms. The number of aromatic amines is 1. The fourth-order valence-corrected chi connectivity index (χ4v) is 0.596. The Hall–Kier alpha value is -1.03. The van der Waals surface area contributed by atoms with Crippen LogP contribution >= 0.6 is 12.4 Å². The maximum absolute atomic E-state index is 10.4. The summed E-state index contributed by atoms with van der Waals surface area (Å²) in [5, 5.41) is 6.10. The summed E-state index contributed by atoms with van der Waals surface area (Å²) in [5.41, 5.74) is 6.11. The lowest BCUT2D eigenvalue weighted by molar-refractivity contribution is 0.0995. The van der Waals surface area contributed by atoms with Gasteiger partial charge in [0.05, 0.1) is 6.20 Å². The van der Waals surface area contributed by atoms with Crippen molar-refractivity contribution in [2.75, 3.05) is 0 Å². The van der Waals surface area contributed by atoms with Gasteiger partial charge in [-0.05, 0) is 12.5 Å². The van der Waals surface area contributed by atoms with Crippen LogP contribution in [0.3, 0.4) is 0 Å². The average Bonchev–Trinajstić information content (AvgIpc) is 2.13. The van der Waals surface area contributed by atoms with Crippen LogP contribution in [-0.4, -0.2) is 16.1 Å². The van der Waals surface area contributed by atoms with Gasteiger partial charge in [-0.1, -0.05) is 0 Å². The summed E-state index contributed by atoms with van der Waals surface area (Å²) < 4.78 is 0. The van der Waals surface area contributed by atoms with Crippen molar-refractivity contribution < 1.29 is 4.79 Å². The molecule has 1 heterocycles. The molecule has 1 rings (SSSR count). The summed E-state index contributed by atoms with van der Waals surface area (Å²) >= 11 is 0. The average molecular weight is 162 g/mol. The van der Waals surface area contributed by atoms with Crippen LogP contribution in [0.25, 0.3) is 0 Å². The molecule has 4 nitrogen and oxygen atoms in total. The molecule has 0 aliphatic carbocycles. The van der Waals surface area contributed by atoms with Gasteiger partial charge < -0.3 is 5.73 Å². The molecule has 0 spiro atoms. The predicted molar refractivity (Wildman–Crippen MR) is 39.1 cm³/mol. The third-order valence-electron chi connectivity index (χ3n) is 1.08. The van der Waals surface area contributed by atoms with Crippen LogP contribution < -0.4 is 5.73 Å². The van der Waals surface area contributed by atoms with E-state index in [9.17, 15) is 4.79 Å². The smallest absolute Gasteiger partial charge is 0.266 e. The molecule has 0 fully saturated rings. The standard InChI is InChI=1S/C5H7N3O.ClH/c1-3-2-7-8-4(3)5(6)9;/h2H,1H3,(H2,6,9)(H,7,8);1H. The van der Waals surface area contributed by atoms with Crippen LogP contribution in [0.4, 0.5) is 0 Å². The summed E-state index contributed by atoms with van der Waals surface area (Å²) in [6.45, 7) is 1.77. The summed E-state index contributed by atoms with van der Waals surface area (Å²) in [6.07, 6.45) is 1.56. The molecule has 1 aromatic rings. The zero-order valence-electron chi connectivity index (χ0n) is 5.42. The Labute approximate surface area is 64.2 Å². The van der Waals surface area contributed by atoms with E-state index in [1.807, 2.05) is 0 Å². The molecule has 0 aromatic carbocycles. The second kappa shape index (κ2) is 3.22. The van der Waals surface area contributed by atoms with Gasteiger partial charge in [0.2, 0.25) is 0 Å². The molecule has 5 heteroatoms. The molecule has 1 amide bonds. The molecule has 56 valence electrons. The van der Waals surface area contributed by atoms with E-state index in [1.54, 1.807) is 13.1 Å². The van der Waals surface area contributed by atoms with Gasteiger partial charge in [0.1, 0.15) is 5.69 Å². The van der Waals surface area contributed by atoms with Gasteiger partial charge in [-0.3, -0.25) is 9.89 Å². The maximum Gasteiger partial charge on any atom is 0.266 e. The molecule has 0 aliphatic heterocycles. The molecule has 1 aromatic heterocycles. The van der Waals surface area contributed by atoms with Crippen LogP contribution in [0.1, 0.15) is 16.1 Å². The Morgan fingerprint density at radius 1 is 1.80 bits per heavy atom. The maximum atomic E-state index is 10.4. The predicted octanol–water partition coefficient (Wildman–Crippen LogP) is 0.239. The highest BCUT2D eigenvalue weighted by atomic mass is 35.5. The van der Waals surface area contributed by atoms with Gasteiger partial charge in [-0.2, -0.15) is 5.10 Å². The molecular weight excluding hydrogens is 154 g/mol. The molecule has 0 unspecified atom stereocenters. The Morgan fingerprint density at radius 3 is 2.60 bits per heavy atom. The van der Waals surface area contributed by atoms with Crippen LogP contribution in [0.5, 0.6) is 0 Å². The Balaban J connectivity index is 0.000000810. The molecule has 0 bridgehead atoms. The first-order chi connectivity index (χ1) is 4.22. The fraction of sp³-hybridized carbons (Fsp3) is 0.200. The first-order valence-electron chi connectivity index (χ1n) is 2.51. The normalized spacial score (nSPS) is 8.50. The van der Waals surface area contributed by atoms with Crippen molar-refractivity contribution in [3.63, 3.8) is 0 Å². The second-order valence-electron chi connectivity index (χ2n) is 1.79. The van der Waals surface area contributed by atoms with E-state index in [0.717, 1.165) is 5.56 Å². The SMILES string of the molecule is Cc1cn[nH]c1C(N)=O.Cl. The number of H-pyrrole nitrogens is 1. The zero-order chi connectivity index (χ0) is 6.85. The van der Waals surface area contributed by atoms with Gasteiger partial charge >= 0.3 is 0 Å². The van der Waals surface area contributed by atoms with Crippen molar-refractivity contribution in [3.05, 3.63) is 17.5 Å². The molecule has 0 saturated heterocycles. The lowest BCUT2D eigenvalue weighted by atomic mass is 10.3. The topological polar surface area (TPSA) is 71.8 Å². The lowest BCUT2D eigenvalue weighted by Crippen LogP contribution is -2.12. The van der Waals surface area contributed by atoms with E-state index in [0.29, 0.717) is 5.69 Å². The van der Waals surface area contributed by atoms with E-state index in [4.69, 9.17) is 5.73 Å². The molecule has 0 saturated carbocycles. The van der Waals surface area contributed by atoms with Crippen LogP contribution in [0, 0.1) is 6.92 Å². The summed E-state index contributed by atoms with van der Waals surface area (Å²) in [6, 6.07) is 0. The van der Waals surface area contributed by atoms with Gasteiger partial charge in [0.15, 0.2) is 0 Å². The van der Waals surface area contributed by atoms with Crippen molar-refractivity contribution in [1.82, 2.24) is 10.2 Å². The number of primary amides is 1. The Morgan fingerprint density at radius 2 is 2.40 bits per heavy atom. The molecule has 3 N–H and O–H groups in total. The minimum atomic E-state index is -0.468. The molecule has 0 radical (unpaired) electrons. The number of aryl methyl sites for hydroxylation is 1. The highest BCUT2D eigenvalue weighted by molar-refractivity contribution is 5.91. The van der Waals surface area contributed by atoms with E-state index < -0.39 is 5.91 Å². The monoisotopic (exact) mass is 161 g/mol. The van der Waals surface area contributed by atoms with Gasteiger partial charge in [0.25, 0.3) is 5.91 Å². The Kier molecular flexibility index (Phi) is 2.89. The van der Waals surface area contributed by atoms with Crippen LogP contribution in [0.2, 0.25) is 0 Å². The zero-order valence-corrected chi connectivity index (χ0v) is 6.23. The number of aromatic nitrogens is 2. The lowest BCUT2D eigenvalue weighted by Gasteiger charge is -1.86. The number of hydrogen-bond acceptors (Lipinski definition) is 2. The number of carbonyl (C=O) groups is 1. The summed E-state index contributed by atoms with van der Waals surface area (Å²) in [5.74, 6) is -0.468. The third-order valence-corrected chi connectivity index (χ3v) is 1.08. The number of amides is 1. The highest BCUT2D eigenvalue weighted by Gasteiger charge is 2.03. The van der Waals surface area contributed by atoms with E-state index >= 15 is 0 Å². The largest absolute Gasteiger partial charge is 0.364 e. The van der Waals surface area contributed by atoms with Gasteiger partial charge in [0, 0.05) is 0 Å². The van der Waals surface area contributed by atoms with Crippen molar-refractivity contribution in [2.45, 2.75) is 6.92 Å². The van der Waals surface area contributed by atoms with Crippen LogP contribution in [0.15, 0.2) is 6.20 Å². The number of nitrogens with one attached hydrogen (secondary N) is 1. The Bertz CT molecular complexity index is 233. The number of halogens is 1.